The molecule has 20 heavy (non-hydrogen) atoms. The highest BCUT2D eigenvalue weighted by Gasteiger charge is 2.09. The van der Waals surface area contributed by atoms with Crippen molar-refractivity contribution in [3.8, 4) is 0 Å². The molecule has 0 radical (unpaired) electrons. The summed E-state index contributed by atoms with van der Waals surface area (Å²) in [5.74, 6) is -0.144. The van der Waals surface area contributed by atoms with E-state index >= 15 is 0 Å². The van der Waals surface area contributed by atoms with Crippen molar-refractivity contribution in [3.05, 3.63) is 54.7 Å². The monoisotopic (exact) mass is 269 g/mol. The Bertz CT molecular complexity index is 668. The van der Waals surface area contributed by atoms with Gasteiger partial charge in [-0.15, -0.1) is 0 Å². The van der Waals surface area contributed by atoms with Crippen molar-refractivity contribution in [1.29, 1.82) is 0 Å². The minimum Gasteiger partial charge on any atom is -0.351 e. The summed E-state index contributed by atoms with van der Waals surface area (Å²) >= 11 is 0. The van der Waals surface area contributed by atoms with E-state index in [0.717, 1.165) is 18.6 Å². The van der Waals surface area contributed by atoms with Gasteiger partial charge in [0.15, 0.2) is 0 Å². The Morgan fingerprint density at radius 1 is 1.25 bits per heavy atom. The summed E-state index contributed by atoms with van der Waals surface area (Å²) in [6.07, 6.45) is 8.09. The van der Waals surface area contributed by atoms with E-state index in [4.69, 9.17) is 0 Å². The average molecular weight is 269 g/mol. The second-order valence-electron chi connectivity index (χ2n) is 4.47. The zero-order valence-electron chi connectivity index (χ0n) is 10.9. The molecule has 6 heteroatoms. The van der Waals surface area contributed by atoms with E-state index < -0.39 is 0 Å². The number of amides is 1. The normalized spacial score (nSPS) is 10.8. The molecule has 0 aromatic carbocycles. The van der Waals surface area contributed by atoms with Crippen LogP contribution in [0.25, 0.3) is 5.65 Å². The largest absolute Gasteiger partial charge is 0.351 e. The lowest BCUT2D eigenvalue weighted by atomic mass is 10.4. The summed E-state index contributed by atoms with van der Waals surface area (Å²) in [6.45, 7) is 1.39. The van der Waals surface area contributed by atoms with Crippen LogP contribution in [0.3, 0.4) is 0 Å². The van der Waals surface area contributed by atoms with Crippen molar-refractivity contribution < 1.29 is 4.79 Å². The standard InChI is InChI=1S/C14H15N5O/c20-14(15-6-3-9-19-10-4-7-16-19)12-11-18-8-2-1-5-13(18)17-12/h1-2,4-5,7-8,10-11H,3,6,9H2,(H,15,20). The molecular weight excluding hydrogens is 254 g/mol. The van der Waals surface area contributed by atoms with E-state index in [2.05, 4.69) is 15.4 Å². The smallest absolute Gasteiger partial charge is 0.271 e. The van der Waals surface area contributed by atoms with Gasteiger partial charge in [-0.2, -0.15) is 5.10 Å². The summed E-state index contributed by atoms with van der Waals surface area (Å²) in [5.41, 5.74) is 1.21. The van der Waals surface area contributed by atoms with E-state index in [1.807, 2.05) is 45.7 Å². The second-order valence-corrected chi connectivity index (χ2v) is 4.47. The van der Waals surface area contributed by atoms with E-state index in [1.54, 1.807) is 12.4 Å². The molecule has 0 unspecified atom stereocenters. The third-order valence-electron chi connectivity index (χ3n) is 3.01. The van der Waals surface area contributed by atoms with Gasteiger partial charge in [0.2, 0.25) is 0 Å². The number of hydrogen-bond acceptors (Lipinski definition) is 3. The van der Waals surface area contributed by atoms with Crippen molar-refractivity contribution in [2.45, 2.75) is 13.0 Å². The number of nitrogens with zero attached hydrogens (tertiary/aromatic N) is 4. The average Bonchev–Trinajstić information content (AvgIpc) is 3.12. The quantitative estimate of drug-likeness (QED) is 0.711. The third-order valence-corrected chi connectivity index (χ3v) is 3.01. The molecule has 0 bridgehead atoms. The summed E-state index contributed by atoms with van der Waals surface area (Å²) in [7, 11) is 0. The van der Waals surface area contributed by atoms with Crippen LogP contribution >= 0.6 is 0 Å². The number of aryl methyl sites for hydroxylation is 1. The van der Waals surface area contributed by atoms with Gasteiger partial charge in [0, 0.05) is 37.9 Å². The number of fused-ring (bicyclic) bond motifs is 1. The first-order chi connectivity index (χ1) is 9.83. The van der Waals surface area contributed by atoms with Gasteiger partial charge in [-0.25, -0.2) is 4.98 Å². The van der Waals surface area contributed by atoms with Crippen LogP contribution in [-0.4, -0.2) is 31.6 Å². The van der Waals surface area contributed by atoms with Crippen molar-refractivity contribution in [3.63, 3.8) is 0 Å². The minimum atomic E-state index is -0.144. The lowest BCUT2D eigenvalue weighted by molar-refractivity contribution is 0.0948. The number of pyridine rings is 1. The zero-order valence-corrected chi connectivity index (χ0v) is 10.9. The fourth-order valence-corrected chi connectivity index (χ4v) is 2.01. The fourth-order valence-electron chi connectivity index (χ4n) is 2.01. The SMILES string of the molecule is O=C(NCCCn1cccn1)c1cn2ccccc2n1. The molecule has 3 aromatic rings. The molecule has 3 heterocycles. The number of nitrogens with one attached hydrogen (secondary N) is 1. The minimum absolute atomic E-state index is 0.144. The molecular formula is C14H15N5O. The van der Waals surface area contributed by atoms with Crippen molar-refractivity contribution in [2.75, 3.05) is 6.54 Å². The van der Waals surface area contributed by atoms with Gasteiger partial charge in [-0.3, -0.25) is 9.48 Å². The predicted octanol–water partition coefficient (Wildman–Crippen LogP) is 1.35. The van der Waals surface area contributed by atoms with Gasteiger partial charge in [0.05, 0.1) is 0 Å². The highest BCUT2D eigenvalue weighted by atomic mass is 16.1. The first-order valence-corrected chi connectivity index (χ1v) is 6.52. The number of aromatic nitrogens is 4. The Hall–Kier alpha value is -2.63. The topological polar surface area (TPSA) is 64.2 Å². The molecule has 3 rings (SSSR count). The number of rotatable bonds is 5. The molecule has 0 aliphatic carbocycles. The van der Waals surface area contributed by atoms with Crippen molar-refractivity contribution in [2.24, 2.45) is 0 Å². The van der Waals surface area contributed by atoms with Gasteiger partial charge in [-0.1, -0.05) is 6.07 Å². The number of imidazole rings is 1. The van der Waals surface area contributed by atoms with Gasteiger partial charge in [-0.05, 0) is 24.6 Å². The van der Waals surface area contributed by atoms with Crippen LogP contribution in [0.15, 0.2) is 49.1 Å². The molecule has 1 amide bonds. The number of carbonyl (C=O) groups is 1. The summed E-state index contributed by atoms with van der Waals surface area (Å²) in [4.78, 5) is 16.2. The molecule has 0 aliphatic rings. The Labute approximate surface area is 116 Å². The summed E-state index contributed by atoms with van der Waals surface area (Å²) in [5, 5.41) is 6.97. The molecule has 0 fully saturated rings. The van der Waals surface area contributed by atoms with Gasteiger partial charge in [0.25, 0.3) is 5.91 Å². The van der Waals surface area contributed by atoms with Crippen LogP contribution in [0.4, 0.5) is 0 Å². The van der Waals surface area contributed by atoms with Crippen LogP contribution in [-0.2, 0) is 6.54 Å². The summed E-state index contributed by atoms with van der Waals surface area (Å²) < 4.78 is 3.68. The maximum Gasteiger partial charge on any atom is 0.271 e. The lowest BCUT2D eigenvalue weighted by Crippen LogP contribution is -2.25. The zero-order chi connectivity index (χ0) is 13.8. The molecule has 0 aliphatic heterocycles. The third kappa shape index (κ3) is 2.69. The molecule has 0 saturated carbocycles. The molecule has 6 nitrogen and oxygen atoms in total. The van der Waals surface area contributed by atoms with E-state index in [-0.39, 0.29) is 5.91 Å². The highest BCUT2D eigenvalue weighted by Crippen LogP contribution is 2.04. The second kappa shape index (κ2) is 5.56. The van der Waals surface area contributed by atoms with E-state index in [0.29, 0.717) is 12.2 Å². The van der Waals surface area contributed by atoms with Crippen LogP contribution in [0, 0.1) is 0 Å². The maximum absolute atomic E-state index is 12.0. The Morgan fingerprint density at radius 2 is 2.20 bits per heavy atom. The van der Waals surface area contributed by atoms with Gasteiger partial charge in [0.1, 0.15) is 11.3 Å². The predicted molar refractivity (Wildman–Crippen MR) is 74.4 cm³/mol. The van der Waals surface area contributed by atoms with E-state index in [9.17, 15) is 4.79 Å². The summed E-state index contributed by atoms with van der Waals surface area (Å²) in [6, 6.07) is 7.55. The Kier molecular flexibility index (Phi) is 3.45. The van der Waals surface area contributed by atoms with Crippen LogP contribution in [0.1, 0.15) is 16.9 Å². The first-order valence-electron chi connectivity index (χ1n) is 6.52. The molecule has 0 saturated heterocycles. The van der Waals surface area contributed by atoms with Gasteiger partial charge >= 0.3 is 0 Å². The van der Waals surface area contributed by atoms with Crippen LogP contribution in [0.5, 0.6) is 0 Å². The van der Waals surface area contributed by atoms with Crippen molar-refractivity contribution >= 4 is 11.6 Å². The lowest BCUT2D eigenvalue weighted by Gasteiger charge is -2.03. The first kappa shape index (κ1) is 12.4. The molecule has 102 valence electrons. The molecule has 0 spiro atoms. The van der Waals surface area contributed by atoms with Gasteiger partial charge < -0.3 is 9.72 Å². The number of hydrogen-bond donors (Lipinski definition) is 1. The molecule has 0 atom stereocenters. The molecule has 3 aromatic heterocycles. The Balaban J connectivity index is 1.53. The number of carbonyl (C=O) groups excluding carboxylic acids is 1. The van der Waals surface area contributed by atoms with Crippen LogP contribution in [0.2, 0.25) is 0 Å². The maximum atomic E-state index is 12.0. The van der Waals surface area contributed by atoms with Crippen LogP contribution < -0.4 is 5.32 Å². The van der Waals surface area contributed by atoms with E-state index in [1.165, 1.54) is 0 Å². The highest BCUT2D eigenvalue weighted by molar-refractivity contribution is 5.92. The molecule has 1 N–H and O–H groups in total. The van der Waals surface area contributed by atoms with Crippen molar-refractivity contribution in [1.82, 2.24) is 24.5 Å². The Morgan fingerprint density at radius 3 is 3.00 bits per heavy atom. The fraction of sp³-hybridized carbons (Fsp3) is 0.214.